The van der Waals surface area contributed by atoms with Crippen molar-refractivity contribution in [1.82, 2.24) is 4.90 Å². The molecule has 0 fully saturated rings. The highest BCUT2D eigenvalue weighted by Gasteiger charge is 2.16. The van der Waals surface area contributed by atoms with E-state index in [4.69, 9.17) is 0 Å². The highest BCUT2D eigenvalue weighted by atomic mass is 32.2. The first kappa shape index (κ1) is 19.2. The van der Waals surface area contributed by atoms with Crippen molar-refractivity contribution in [3.8, 4) is 0 Å². The Labute approximate surface area is 150 Å². The van der Waals surface area contributed by atoms with E-state index in [2.05, 4.69) is 32.9 Å². The average molecular weight is 359 g/mol. The number of nitrogens with zero attached hydrogens (tertiary/aromatic N) is 1. The van der Waals surface area contributed by atoms with E-state index in [1.165, 1.54) is 17.7 Å². The number of sulfone groups is 1. The molecule has 0 radical (unpaired) electrons. The second-order valence-corrected chi connectivity index (χ2v) is 9.42. The van der Waals surface area contributed by atoms with E-state index in [-0.39, 0.29) is 16.2 Å². The summed E-state index contributed by atoms with van der Waals surface area (Å²) in [6.45, 7) is 6.99. The highest BCUT2D eigenvalue weighted by Crippen LogP contribution is 2.22. The van der Waals surface area contributed by atoms with Gasteiger partial charge in [0.1, 0.15) is 0 Å². The maximum absolute atomic E-state index is 12.5. The van der Waals surface area contributed by atoms with Crippen LogP contribution in [0.2, 0.25) is 0 Å². The average Bonchev–Trinajstić information content (AvgIpc) is 2.53. The fourth-order valence-corrected chi connectivity index (χ4v) is 3.15. The molecule has 134 valence electrons. The quantitative estimate of drug-likeness (QED) is 0.837. The number of carbonyl (C=O) groups excluding carboxylic acids is 1. The van der Waals surface area contributed by atoms with Gasteiger partial charge in [0.15, 0.2) is 9.84 Å². The lowest BCUT2D eigenvalue weighted by Gasteiger charge is -2.21. The van der Waals surface area contributed by atoms with Gasteiger partial charge in [0.2, 0.25) is 0 Å². The van der Waals surface area contributed by atoms with Crippen LogP contribution < -0.4 is 0 Å². The first-order chi connectivity index (χ1) is 11.5. The molecule has 0 heterocycles. The Bertz CT molecular complexity index is 845. The standard InChI is InChI=1S/C20H25NO3S/c1-20(2,3)17-10-6-15(7-11-17)14-21(4)19(22)16-8-12-18(13-9-16)25(5,23)24/h6-13H,14H2,1-5H3. The minimum Gasteiger partial charge on any atom is -0.337 e. The molecule has 0 spiro atoms. The van der Waals surface area contributed by atoms with Crippen LogP contribution in [0.3, 0.4) is 0 Å². The lowest BCUT2D eigenvalue weighted by atomic mass is 9.87. The minimum atomic E-state index is -3.26. The number of benzene rings is 2. The zero-order valence-electron chi connectivity index (χ0n) is 15.4. The summed E-state index contributed by atoms with van der Waals surface area (Å²) in [4.78, 5) is 14.4. The molecule has 0 atom stereocenters. The summed E-state index contributed by atoms with van der Waals surface area (Å²) in [7, 11) is -1.51. The summed E-state index contributed by atoms with van der Waals surface area (Å²) in [6, 6.07) is 14.3. The smallest absolute Gasteiger partial charge is 0.253 e. The third-order valence-corrected chi connectivity index (χ3v) is 5.24. The predicted octanol–water partition coefficient (Wildman–Crippen LogP) is 3.66. The summed E-state index contributed by atoms with van der Waals surface area (Å²) in [5.41, 5.74) is 2.88. The molecule has 0 saturated carbocycles. The van der Waals surface area contributed by atoms with E-state index in [1.54, 1.807) is 24.1 Å². The van der Waals surface area contributed by atoms with Crippen molar-refractivity contribution in [3.63, 3.8) is 0 Å². The molecule has 2 rings (SSSR count). The minimum absolute atomic E-state index is 0.0988. The van der Waals surface area contributed by atoms with Crippen LogP contribution >= 0.6 is 0 Å². The van der Waals surface area contributed by atoms with Gasteiger partial charge in [-0.3, -0.25) is 4.79 Å². The third-order valence-electron chi connectivity index (χ3n) is 4.12. The summed E-state index contributed by atoms with van der Waals surface area (Å²) in [5, 5.41) is 0. The monoisotopic (exact) mass is 359 g/mol. The molecular weight excluding hydrogens is 334 g/mol. The summed E-state index contributed by atoms with van der Waals surface area (Å²) in [6.07, 6.45) is 1.15. The van der Waals surface area contributed by atoms with Gasteiger partial charge >= 0.3 is 0 Å². The van der Waals surface area contributed by atoms with Gasteiger partial charge in [0.05, 0.1) is 4.90 Å². The summed E-state index contributed by atoms with van der Waals surface area (Å²) < 4.78 is 23.0. The molecule has 0 saturated heterocycles. The molecule has 0 aliphatic rings. The number of hydrogen-bond acceptors (Lipinski definition) is 3. The Balaban J connectivity index is 2.10. The largest absolute Gasteiger partial charge is 0.337 e. The van der Waals surface area contributed by atoms with Crippen molar-refractivity contribution in [1.29, 1.82) is 0 Å². The Kier molecular flexibility index (Phi) is 5.37. The number of amides is 1. The molecule has 0 aliphatic carbocycles. The highest BCUT2D eigenvalue weighted by molar-refractivity contribution is 7.90. The van der Waals surface area contributed by atoms with Gasteiger partial charge < -0.3 is 4.90 Å². The van der Waals surface area contributed by atoms with Gasteiger partial charge in [-0.2, -0.15) is 0 Å². The Morgan fingerprint density at radius 3 is 1.92 bits per heavy atom. The molecule has 0 bridgehead atoms. The number of rotatable bonds is 4. The van der Waals surface area contributed by atoms with E-state index in [1.807, 2.05) is 12.1 Å². The molecule has 5 heteroatoms. The molecule has 2 aromatic rings. The Morgan fingerprint density at radius 2 is 1.48 bits per heavy atom. The van der Waals surface area contributed by atoms with E-state index >= 15 is 0 Å². The fraction of sp³-hybridized carbons (Fsp3) is 0.350. The normalized spacial score (nSPS) is 12.0. The number of hydrogen-bond donors (Lipinski definition) is 0. The third kappa shape index (κ3) is 4.92. The van der Waals surface area contributed by atoms with E-state index in [0.29, 0.717) is 12.1 Å². The van der Waals surface area contributed by atoms with Gasteiger partial charge in [-0.25, -0.2) is 8.42 Å². The van der Waals surface area contributed by atoms with Gasteiger partial charge in [-0.05, 0) is 40.8 Å². The second-order valence-electron chi connectivity index (χ2n) is 7.40. The SMILES string of the molecule is CN(Cc1ccc(C(C)(C)C)cc1)C(=O)c1ccc(S(C)(=O)=O)cc1. The molecule has 0 N–H and O–H groups in total. The van der Waals surface area contributed by atoms with Gasteiger partial charge in [-0.15, -0.1) is 0 Å². The molecule has 2 aromatic carbocycles. The van der Waals surface area contributed by atoms with Crippen molar-refractivity contribution in [2.75, 3.05) is 13.3 Å². The topological polar surface area (TPSA) is 54.5 Å². The van der Waals surface area contributed by atoms with Crippen LogP contribution in [0.25, 0.3) is 0 Å². The van der Waals surface area contributed by atoms with Gasteiger partial charge in [0.25, 0.3) is 5.91 Å². The first-order valence-corrected chi connectivity index (χ1v) is 10.0. The summed E-state index contributed by atoms with van der Waals surface area (Å²) in [5.74, 6) is -0.139. The Hall–Kier alpha value is -2.14. The van der Waals surface area contributed by atoms with E-state index < -0.39 is 9.84 Å². The van der Waals surface area contributed by atoms with Crippen LogP contribution in [0, 0.1) is 0 Å². The van der Waals surface area contributed by atoms with E-state index in [9.17, 15) is 13.2 Å². The van der Waals surface area contributed by atoms with Crippen LogP contribution in [0.15, 0.2) is 53.4 Å². The zero-order valence-corrected chi connectivity index (χ0v) is 16.2. The van der Waals surface area contributed by atoms with Crippen molar-refractivity contribution < 1.29 is 13.2 Å². The van der Waals surface area contributed by atoms with E-state index in [0.717, 1.165) is 11.8 Å². The molecule has 4 nitrogen and oxygen atoms in total. The lowest BCUT2D eigenvalue weighted by molar-refractivity contribution is 0.0785. The van der Waals surface area contributed by atoms with Crippen LogP contribution in [-0.4, -0.2) is 32.5 Å². The van der Waals surface area contributed by atoms with Crippen molar-refractivity contribution >= 4 is 15.7 Å². The second kappa shape index (κ2) is 7.00. The van der Waals surface area contributed by atoms with Crippen molar-refractivity contribution in [2.24, 2.45) is 0 Å². The molecule has 1 amide bonds. The molecule has 25 heavy (non-hydrogen) atoms. The molecular formula is C20H25NO3S. The van der Waals surface area contributed by atoms with Crippen LogP contribution in [-0.2, 0) is 21.8 Å². The fourth-order valence-electron chi connectivity index (χ4n) is 2.52. The predicted molar refractivity (Wildman–Crippen MR) is 100 cm³/mol. The molecule has 0 aliphatic heterocycles. The number of carbonyl (C=O) groups is 1. The lowest BCUT2D eigenvalue weighted by Crippen LogP contribution is -2.26. The first-order valence-electron chi connectivity index (χ1n) is 8.13. The summed E-state index contributed by atoms with van der Waals surface area (Å²) >= 11 is 0. The molecule has 0 unspecified atom stereocenters. The maximum Gasteiger partial charge on any atom is 0.253 e. The van der Waals surface area contributed by atoms with Crippen LogP contribution in [0.5, 0.6) is 0 Å². The van der Waals surface area contributed by atoms with Crippen LogP contribution in [0.4, 0.5) is 0 Å². The maximum atomic E-state index is 12.5. The van der Waals surface area contributed by atoms with Gasteiger partial charge in [0, 0.05) is 25.4 Å². The van der Waals surface area contributed by atoms with Gasteiger partial charge in [-0.1, -0.05) is 45.0 Å². The van der Waals surface area contributed by atoms with Crippen LogP contribution in [0.1, 0.15) is 42.3 Å². The zero-order chi connectivity index (χ0) is 18.8. The van der Waals surface area contributed by atoms with Crippen molar-refractivity contribution in [2.45, 2.75) is 37.6 Å². The Morgan fingerprint density at radius 1 is 0.960 bits per heavy atom. The molecule has 0 aromatic heterocycles. The van der Waals surface area contributed by atoms with Crippen molar-refractivity contribution in [3.05, 3.63) is 65.2 Å².